The smallest absolute Gasteiger partial charge is 0.309 e. The van der Waals surface area contributed by atoms with E-state index in [9.17, 15) is 18.0 Å². The van der Waals surface area contributed by atoms with Crippen LogP contribution in [0.5, 0.6) is 0 Å². The van der Waals surface area contributed by atoms with Gasteiger partial charge in [0.2, 0.25) is 5.91 Å². The first-order valence-corrected chi connectivity index (χ1v) is 6.66. The van der Waals surface area contributed by atoms with Crippen LogP contribution in [-0.2, 0) is 11.0 Å². The van der Waals surface area contributed by atoms with Crippen molar-refractivity contribution in [1.29, 1.82) is 0 Å². The minimum Gasteiger partial charge on any atom is -0.309 e. The Bertz CT molecular complexity index is 672. The van der Waals surface area contributed by atoms with E-state index in [1.807, 2.05) is 0 Å². The maximum Gasteiger partial charge on any atom is 0.433 e. The molecule has 22 heavy (non-hydrogen) atoms. The van der Waals surface area contributed by atoms with Crippen molar-refractivity contribution < 1.29 is 18.0 Å². The van der Waals surface area contributed by atoms with E-state index >= 15 is 0 Å². The molecule has 1 unspecified atom stereocenters. The Balaban J connectivity index is 2.24. The molecular formula is C14H11ClF3N3O. The highest BCUT2D eigenvalue weighted by Crippen LogP contribution is 2.28. The minimum atomic E-state index is -4.49. The monoisotopic (exact) mass is 329 g/mol. The second kappa shape index (κ2) is 6.31. The molecule has 2 aromatic rings. The predicted octanol–water partition coefficient (Wildman–Crippen LogP) is 3.73. The number of alkyl halides is 4. The van der Waals surface area contributed by atoms with Crippen LogP contribution in [-0.4, -0.2) is 21.3 Å². The van der Waals surface area contributed by atoms with Crippen LogP contribution in [0, 0.1) is 0 Å². The van der Waals surface area contributed by atoms with Crippen LogP contribution < -0.4 is 5.32 Å². The number of amides is 1. The summed E-state index contributed by atoms with van der Waals surface area (Å²) in [7, 11) is 0. The van der Waals surface area contributed by atoms with Gasteiger partial charge < -0.3 is 5.32 Å². The average Bonchev–Trinajstić information content (AvgIpc) is 2.46. The molecule has 2 heterocycles. The Morgan fingerprint density at radius 3 is 2.55 bits per heavy atom. The molecule has 4 nitrogen and oxygen atoms in total. The molecule has 0 saturated carbocycles. The zero-order valence-corrected chi connectivity index (χ0v) is 12.1. The van der Waals surface area contributed by atoms with Crippen LogP contribution in [0.3, 0.4) is 0 Å². The van der Waals surface area contributed by atoms with Gasteiger partial charge in [0, 0.05) is 11.8 Å². The molecule has 0 bridgehead atoms. The van der Waals surface area contributed by atoms with Gasteiger partial charge in [-0.3, -0.25) is 9.78 Å². The minimum absolute atomic E-state index is 0.259. The summed E-state index contributed by atoms with van der Waals surface area (Å²) in [5.74, 6) is -0.160. The first kappa shape index (κ1) is 16.2. The Morgan fingerprint density at radius 2 is 2.00 bits per heavy atom. The van der Waals surface area contributed by atoms with Gasteiger partial charge in [-0.2, -0.15) is 13.2 Å². The van der Waals surface area contributed by atoms with E-state index < -0.39 is 23.2 Å². The lowest BCUT2D eigenvalue weighted by Crippen LogP contribution is -2.20. The number of halogens is 4. The van der Waals surface area contributed by atoms with Crippen molar-refractivity contribution in [1.82, 2.24) is 9.97 Å². The van der Waals surface area contributed by atoms with Gasteiger partial charge in [0.05, 0.1) is 5.69 Å². The molecule has 0 aliphatic heterocycles. The molecule has 1 amide bonds. The molecule has 2 rings (SSSR count). The van der Waals surface area contributed by atoms with Gasteiger partial charge in [-0.25, -0.2) is 4.98 Å². The van der Waals surface area contributed by atoms with Crippen molar-refractivity contribution in [3.8, 4) is 11.3 Å². The summed E-state index contributed by atoms with van der Waals surface area (Å²) < 4.78 is 37.4. The van der Waals surface area contributed by atoms with Crippen molar-refractivity contribution in [2.24, 2.45) is 0 Å². The van der Waals surface area contributed by atoms with Crippen molar-refractivity contribution in [3.05, 3.63) is 42.2 Å². The number of aromatic nitrogens is 2. The van der Waals surface area contributed by atoms with Gasteiger partial charge in [0.25, 0.3) is 0 Å². The van der Waals surface area contributed by atoms with Crippen LogP contribution in [0.25, 0.3) is 11.3 Å². The highest BCUT2D eigenvalue weighted by molar-refractivity contribution is 6.32. The van der Waals surface area contributed by atoms with Gasteiger partial charge in [-0.15, -0.1) is 11.6 Å². The number of hydrogen-bond acceptors (Lipinski definition) is 3. The lowest BCUT2D eigenvalue weighted by molar-refractivity contribution is -0.141. The SMILES string of the molecule is CC(Cl)C(=O)Nc1cccc(-c2ccc(C(F)(F)F)nc2)n1. The van der Waals surface area contributed by atoms with Gasteiger partial charge in [-0.05, 0) is 31.2 Å². The summed E-state index contributed by atoms with van der Waals surface area (Å²) in [5.41, 5.74) is -0.180. The fourth-order valence-electron chi connectivity index (χ4n) is 1.60. The van der Waals surface area contributed by atoms with E-state index in [0.29, 0.717) is 11.3 Å². The number of carbonyl (C=O) groups excluding carboxylic acids is 1. The Kier molecular flexibility index (Phi) is 4.65. The first-order chi connectivity index (χ1) is 10.3. The number of rotatable bonds is 3. The van der Waals surface area contributed by atoms with E-state index in [0.717, 1.165) is 12.3 Å². The molecular weight excluding hydrogens is 319 g/mol. The molecule has 0 aliphatic rings. The molecule has 0 aliphatic carbocycles. The van der Waals surface area contributed by atoms with E-state index in [4.69, 9.17) is 11.6 Å². The molecule has 0 saturated heterocycles. The van der Waals surface area contributed by atoms with Crippen molar-refractivity contribution in [3.63, 3.8) is 0 Å². The van der Waals surface area contributed by atoms with E-state index in [1.54, 1.807) is 18.2 Å². The van der Waals surface area contributed by atoms with Crippen molar-refractivity contribution in [2.45, 2.75) is 18.5 Å². The van der Waals surface area contributed by atoms with E-state index in [1.165, 1.54) is 13.0 Å². The predicted molar refractivity (Wildman–Crippen MR) is 76.4 cm³/mol. The Morgan fingerprint density at radius 1 is 1.27 bits per heavy atom. The molecule has 2 aromatic heterocycles. The highest BCUT2D eigenvalue weighted by Gasteiger charge is 2.32. The number of pyridine rings is 2. The van der Waals surface area contributed by atoms with Gasteiger partial charge in [-0.1, -0.05) is 6.07 Å². The molecule has 1 N–H and O–H groups in total. The first-order valence-electron chi connectivity index (χ1n) is 6.23. The Labute approximate surface area is 129 Å². The van der Waals surface area contributed by atoms with Crippen LogP contribution in [0.15, 0.2) is 36.5 Å². The van der Waals surface area contributed by atoms with Gasteiger partial charge in [0.15, 0.2) is 0 Å². The molecule has 0 radical (unpaired) electrons. The third-order valence-corrected chi connectivity index (χ3v) is 2.91. The van der Waals surface area contributed by atoms with Crippen LogP contribution >= 0.6 is 11.6 Å². The summed E-state index contributed by atoms with van der Waals surface area (Å²) >= 11 is 5.64. The number of nitrogens with one attached hydrogen (secondary N) is 1. The number of hydrogen-bond donors (Lipinski definition) is 1. The molecule has 0 aromatic carbocycles. The molecule has 0 fully saturated rings. The summed E-state index contributed by atoms with van der Waals surface area (Å²) in [6, 6.07) is 6.92. The normalized spacial score (nSPS) is 12.8. The van der Waals surface area contributed by atoms with Crippen LogP contribution in [0.1, 0.15) is 12.6 Å². The lowest BCUT2D eigenvalue weighted by atomic mass is 10.2. The molecule has 0 spiro atoms. The standard InChI is InChI=1S/C14H11ClF3N3O/c1-8(15)13(22)21-12-4-2-3-10(20-12)9-5-6-11(19-7-9)14(16,17)18/h2-8H,1H3,(H,20,21,22). The number of carbonyl (C=O) groups is 1. The van der Waals surface area contributed by atoms with Crippen molar-refractivity contribution in [2.75, 3.05) is 5.32 Å². The maximum absolute atomic E-state index is 12.5. The fraction of sp³-hybridized carbons (Fsp3) is 0.214. The van der Waals surface area contributed by atoms with Crippen LogP contribution in [0.2, 0.25) is 0 Å². The third-order valence-electron chi connectivity index (χ3n) is 2.71. The van der Waals surface area contributed by atoms with E-state index in [2.05, 4.69) is 15.3 Å². The van der Waals surface area contributed by atoms with E-state index in [-0.39, 0.29) is 5.82 Å². The number of anilines is 1. The summed E-state index contributed by atoms with van der Waals surface area (Å²) in [5, 5.41) is 1.78. The Hall–Kier alpha value is -2.15. The molecule has 1 atom stereocenters. The lowest BCUT2D eigenvalue weighted by Gasteiger charge is -2.09. The second-order valence-corrected chi connectivity index (χ2v) is 5.10. The van der Waals surface area contributed by atoms with Gasteiger partial charge in [0.1, 0.15) is 16.9 Å². The largest absolute Gasteiger partial charge is 0.433 e. The highest BCUT2D eigenvalue weighted by atomic mass is 35.5. The summed E-state index contributed by atoms with van der Waals surface area (Å²) in [6.45, 7) is 1.51. The fourth-order valence-corrected chi connectivity index (χ4v) is 1.66. The maximum atomic E-state index is 12.5. The number of nitrogens with zero attached hydrogens (tertiary/aromatic N) is 2. The summed E-state index contributed by atoms with van der Waals surface area (Å²) in [6.07, 6.45) is -3.40. The molecule has 8 heteroatoms. The van der Waals surface area contributed by atoms with Gasteiger partial charge >= 0.3 is 6.18 Å². The second-order valence-electron chi connectivity index (χ2n) is 4.44. The summed E-state index contributed by atoms with van der Waals surface area (Å²) in [4.78, 5) is 19.0. The zero-order chi connectivity index (χ0) is 16.3. The average molecular weight is 330 g/mol. The van der Waals surface area contributed by atoms with Crippen LogP contribution in [0.4, 0.5) is 19.0 Å². The zero-order valence-electron chi connectivity index (χ0n) is 11.4. The third kappa shape index (κ3) is 3.94. The van der Waals surface area contributed by atoms with Crippen molar-refractivity contribution >= 4 is 23.3 Å². The molecule has 116 valence electrons. The topological polar surface area (TPSA) is 54.9 Å². The quantitative estimate of drug-likeness (QED) is 0.873.